The lowest BCUT2D eigenvalue weighted by Crippen LogP contribution is -2.13. The van der Waals surface area contributed by atoms with Gasteiger partial charge in [0.2, 0.25) is 5.89 Å². The molecule has 0 bridgehead atoms. The second-order valence-corrected chi connectivity index (χ2v) is 5.88. The summed E-state index contributed by atoms with van der Waals surface area (Å²) in [5.41, 5.74) is 5.57. The normalized spacial score (nSPS) is 12.6. The van der Waals surface area contributed by atoms with Crippen molar-refractivity contribution in [2.75, 3.05) is 6.54 Å². The maximum absolute atomic E-state index is 5.84. The number of rotatable bonds is 6. The molecular formula is C13H16ClN3OS. The predicted molar refractivity (Wildman–Crippen MR) is 77.2 cm³/mol. The van der Waals surface area contributed by atoms with Crippen LogP contribution in [0, 0.1) is 5.92 Å². The lowest BCUT2D eigenvalue weighted by atomic mass is 10.1. The maximum atomic E-state index is 5.84. The van der Waals surface area contributed by atoms with Crippen molar-refractivity contribution in [1.29, 1.82) is 0 Å². The Balaban J connectivity index is 1.88. The summed E-state index contributed by atoms with van der Waals surface area (Å²) in [5, 5.41) is 4.70. The van der Waals surface area contributed by atoms with Crippen LogP contribution < -0.4 is 5.73 Å². The first-order valence-electron chi connectivity index (χ1n) is 6.07. The van der Waals surface area contributed by atoms with Gasteiger partial charge in [0.15, 0.2) is 5.82 Å². The Morgan fingerprint density at radius 3 is 2.79 bits per heavy atom. The summed E-state index contributed by atoms with van der Waals surface area (Å²) in [7, 11) is 0. The van der Waals surface area contributed by atoms with Crippen molar-refractivity contribution >= 4 is 23.4 Å². The molecule has 0 spiro atoms. The molecule has 1 atom stereocenters. The highest BCUT2D eigenvalue weighted by Gasteiger charge is 2.10. The van der Waals surface area contributed by atoms with Crippen molar-refractivity contribution in [2.45, 2.75) is 24.0 Å². The fourth-order valence-corrected chi connectivity index (χ4v) is 2.36. The summed E-state index contributed by atoms with van der Waals surface area (Å²) in [6, 6.07) is 7.69. The SMILES string of the molecule is CC(CN)Cc1nc(CSc2ccc(Cl)cc2)no1. The Morgan fingerprint density at radius 1 is 1.37 bits per heavy atom. The molecule has 0 fully saturated rings. The zero-order chi connectivity index (χ0) is 13.7. The van der Waals surface area contributed by atoms with Crippen molar-refractivity contribution in [3.63, 3.8) is 0 Å². The molecule has 102 valence electrons. The number of nitrogens with two attached hydrogens (primary N) is 1. The van der Waals surface area contributed by atoms with E-state index in [0.29, 0.717) is 29.9 Å². The first-order valence-corrected chi connectivity index (χ1v) is 7.43. The highest BCUT2D eigenvalue weighted by molar-refractivity contribution is 7.98. The summed E-state index contributed by atoms with van der Waals surface area (Å²) < 4.78 is 5.19. The van der Waals surface area contributed by atoms with Gasteiger partial charge >= 0.3 is 0 Å². The summed E-state index contributed by atoms with van der Waals surface area (Å²) in [4.78, 5) is 5.48. The smallest absolute Gasteiger partial charge is 0.226 e. The van der Waals surface area contributed by atoms with Crippen LogP contribution >= 0.6 is 23.4 Å². The molecule has 0 saturated heterocycles. The molecule has 0 amide bonds. The number of benzene rings is 1. The lowest BCUT2D eigenvalue weighted by Gasteiger charge is -2.01. The Labute approximate surface area is 121 Å². The van der Waals surface area contributed by atoms with Gasteiger partial charge in [-0.3, -0.25) is 0 Å². The minimum atomic E-state index is 0.359. The molecule has 4 nitrogen and oxygen atoms in total. The topological polar surface area (TPSA) is 64.9 Å². The highest BCUT2D eigenvalue weighted by Crippen LogP contribution is 2.23. The van der Waals surface area contributed by atoms with Gasteiger partial charge in [-0.05, 0) is 36.7 Å². The molecule has 2 aromatic rings. The van der Waals surface area contributed by atoms with Crippen LogP contribution in [0.2, 0.25) is 5.02 Å². The van der Waals surface area contributed by atoms with E-state index in [4.69, 9.17) is 21.9 Å². The Hall–Kier alpha value is -1.04. The summed E-state index contributed by atoms with van der Waals surface area (Å²) in [6.07, 6.45) is 0.731. The molecule has 1 heterocycles. The summed E-state index contributed by atoms with van der Waals surface area (Å²) >= 11 is 7.49. The number of halogens is 1. The van der Waals surface area contributed by atoms with E-state index in [1.807, 2.05) is 24.3 Å². The number of nitrogens with zero attached hydrogens (tertiary/aromatic N) is 2. The molecule has 0 saturated carbocycles. The van der Waals surface area contributed by atoms with Gasteiger partial charge < -0.3 is 10.3 Å². The standard InChI is InChI=1S/C13H16ClN3OS/c1-9(7-15)6-13-16-12(17-18-13)8-19-11-4-2-10(14)3-5-11/h2-5,9H,6-8,15H2,1H3. The molecule has 0 radical (unpaired) electrons. The molecule has 19 heavy (non-hydrogen) atoms. The fourth-order valence-electron chi connectivity index (χ4n) is 1.49. The number of hydrogen-bond acceptors (Lipinski definition) is 5. The average Bonchev–Trinajstić information content (AvgIpc) is 2.85. The largest absolute Gasteiger partial charge is 0.339 e. The van der Waals surface area contributed by atoms with Crippen LogP contribution in [-0.2, 0) is 12.2 Å². The van der Waals surface area contributed by atoms with E-state index in [0.717, 1.165) is 16.3 Å². The van der Waals surface area contributed by atoms with Gasteiger partial charge in [0.05, 0.1) is 5.75 Å². The van der Waals surface area contributed by atoms with Gasteiger partial charge in [-0.2, -0.15) is 4.98 Å². The zero-order valence-electron chi connectivity index (χ0n) is 10.7. The van der Waals surface area contributed by atoms with Crippen LogP contribution in [0.4, 0.5) is 0 Å². The van der Waals surface area contributed by atoms with Crippen LogP contribution in [0.15, 0.2) is 33.7 Å². The number of hydrogen-bond donors (Lipinski definition) is 1. The second kappa shape index (κ2) is 6.93. The van der Waals surface area contributed by atoms with Crippen LogP contribution in [0.1, 0.15) is 18.6 Å². The van der Waals surface area contributed by atoms with Crippen molar-refractivity contribution in [3.05, 3.63) is 41.0 Å². The Morgan fingerprint density at radius 2 is 2.11 bits per heavy atom. The van der Waals surface area contributed by atoms with E-state index in [2.05, 4.69) is 17.1 Å². The first-order chi connectivity index (χ1) is 9.17. The van der Waals surface area contributed by atoms with E-state index >= 15 is 0 Å². The van der Waals surface area contributed by atoms with Gasteiger partial charge in [0.1, 0.15) is 0 Å². The number of aromatic nitrogens is 2. The Bertz CT molecular complexity index is 515. The van der Waals surface area contributed by atoms with Gasteiger partial charge in [-0.25, -0.2) is 0 Å². The second-order valence-electron chi connectivity index (χ2n) is 4.39. The van der Waals surface area contributed by atoms with Crippen molar-refractivity contribution in [1.82, 2.24) is 10.1 Å². The average molecular weight is 298 g/mol. The molecule has 0 aliphatic rings. The van der Waals surface area contributed by atoms with E-state index in [1.165, 1.54) is 0 Å². The van der Waals surface area contributed by atoms with Crippen molar-refractivity contribution < 1.29 is 4.52 Å². The molecule has 2 rings (SSSR count). The van der Waals surface area contributed by atoms with Gasteiger partial charge in [-0.15, -0.1) is 11.8 Å². The minimum absolute atomic E-state index is 0.359. The molecule has 1 unspecified atom stereocenters. The van der Waals surface area contributed by atoms with E-state index in [-0.39, 0.29) is 0 Å². The minimum Gasteiger partial charge on any atom is -0.339 e. The predicted octanol–water partition coefficient (Wildman–Crippen LogP) is 3.15. The summed E-state index contributed by atoms with van der Waals surface area (Å²) in [6.45, 7) is 2.68. The fraction of sp³-hybridized carbons (Fsp3) is 0.385. The first kappa shape index (κ1) is 14.4. The zero-order valence-corrected chi connectivity index (χ0v) is 12.2. The van der Waals surface area contributed by atoms with Crippen molar-refractivity contribution in [3.8, 4) is 0 Å². The maximum Gasteiger partial charge on any atom is 0.226 e. The lowest BCUT2D eigenvalue weighted by molar-refractivity contribution is 0.356. The van der Waals surface area contributed by atoms with E-state index < -0.39 is 0 Å². The van der Waals surface area contributed by atoms with E-state index in [9.17, 15) is 0 Å². The van der Waals surface area contributed by atoms with Crippen LogP contribution in [0.3, 0.4) is 0 Å². The summed E-state index contributed by atoms with van der Waals surface area (Å²) in [5.74, 6) is 2.41. The van der Waals surface area contributed by atoms with Gasteiger partial charge in [0, 0.05) is 16.3 Å². The monoisotopic (exact) mass is 297 g/mol. The van der Waals surface area contributed by atoms with Gasteiger partial charge in [-0.1, -0.05) is 23.7 Å². The third-order valence-electron chi connectivity index (χ3n) is 2.62. The van der Waals surface area contributed by atoms with Gasteiger partial charge in [0.25, 0.3) is 0 Å². The quantitative estimate of drug-likeness (QED) is 0.830. The van der Waals surface area contributed by atoms with E-state index in [1.54, 1.807) is 11.8 Å². The van der Waals surface area contributed by atoms with Crippen LogP contribution in [-0.4, -0.2) is 16.7 Å². The molecule has 0 aliphatic carbocycles. The molecule has 6 heteroatoms. The molecule has 2 N–H and O–H groups in total. The Kier molecular flexibility index (Phi) is 5.24. The van der Waals surface area contributed by atoms with Crippen LogP contribution in [0.5, 0.6) is 0 Å². The molecule has 0 aliphatic heterocycles. The molecular weight excluding hydrogens is 282 g/mol. The third kappa shape index (κ3) is 4.53. The molecule has 1 aromatic heterocycles. The van der Waals surface area contributed by atoms with Crippen molar-refractivity contribution in [2.24, 2.45) is 11.7 Å². The highest BCUT2D eigenvalue weighted by atomic mass is 35.5. The third-order valence-corrected chi connectivity index (χ3v) is 3.88. The number of thioether (sulfide) groups is 1. The van der Waals surface area contributed by atoms with Crippen LogP contribution in [0.25, 0.3) is 0 Å². The molecule has 1 aromatic carbocycles.